The summed E-state index contributed by atoms with van der Waals surface area (Å²) >= 11 is 5.95. The average Bonchev–Trinajstić information content (AvgIpc) is 2.77. The van der Waals surface area contributed by atoms with Gasteiger partial charge in [0.25, 0.3) is 0 Å². The molecule has 0 bridgehead atoms. The molecule has 5 nitrogen and oxygen atoms in total. The minimum Gasteiger partial charge on any atom is -0.396 e. The van der Waals surface area contributed by atoms with Crippen LogP contribution in [0.25, 0.3) is 0 Å². The van der Waals surface area contributed by atoms with Crippen LogP contribution in [-0.2, 0) is 13.1 Å². The van der Waals surface area contributed by atoms with Crippen LogP contribution in [0.15, 0.2) is 53.5 Å². The summed E-state index contributed by atoms with van der Waals surface area (Å²) in [4.78, 5) is 7.11. The smallest absolute Gasteiger partial charge is 0.191 e. The Hall–Kier alpha value is -1.51. The predicted molar refractivity (Wildman–Crippen MR) is 137 cm³/mol. The number of nitrogens with one attached hydrogen (secondary N) is 2. The topological polar surface area (TPSA) is 59.9 Å². The largest absolute Gasteiger partial charge is 0.396 e. The van der Waals surface area contributed by atoms with Crippen molar-refractivity contribution in [3.63, 3.8) is 0 Å². The number of aliphatic imine (C=N–C) groups is 1. The maximum atomic E-state index is 9.29. The Morgan fingerprint density at radius 1 is 1.03 bits per heavy atom. The first-order valence-corrected chi connectivity index (χ1v) is 10.8. The van der Waals surface area contributed by atoms with Gasteiger partial charge >= 0.3 is 0 Å². The Morgan fingerprint density at radius 3 is 2.27 bits per heavy atom. The van der Waals surface area contributed by atoms with E-state index in [1.807, 2.05) is 24.3 Å². The molecule has 0 atom stereocenters. The second kappa shape index (κ2) is 13.0. The third-order valence-electron chi connectivity index (χ3n) is 5.31. The van der Waals surface area contributed by atoms with E-state index in [1.54, 1.807) is 0 Å². The second-order valence-electron chi connectivity index (χ2n) is 7.45. The third-order valence-corrected chi connectivity index (χ3v) is 5.56. The summed E-state index contributed by atoms with van der Waals surface area (Å²) in [5.41, 5.74) is 3.60. The Balaban J connectivity index is 0.00000320. The van der Waals surface area contributed by atoms with Crippen molar-refractivity contribution in [2.24, 2.45) is 10.9 Å². The van der Waals surface area contributed by atoms with Crippen LogP contribution in [0.3, 0.4) is 0 Å². The number of benzene rings is 2. The van der Waals surface area contributed by atoms with E-state index in [4.69, 9.17) is 16.6 Å². The highest BCUT2D eigenvalue weighted by Gasteiger charge is 2.18. The predicted octanol–water partition coefficient (Wildman–Crippen LogP) is 4.42. The summed E-state index contributed by atoms with van der Waals surface area (Å²) in [6, 6.07) is 16.5. The van der Waals surface area contributed by atoms with E-state index < -0.39 is 0 Å². The lowest BCUT2D eigenvalue weighted by molar-refractivity contribution is 0.203. The molecular formula is C23H32ClIN4O. The number of rotatable bonds is 7. The molecule has 0 saturated carbocycles. The molecule has 0 aliphatic carbocycles. The fourth-order valence-electron chi connectivity index (χ4n) is 3.49. The number of halogens is 2. The van der Waals surface area contributed by atoms with E-state index in [9.17, 15) is 5.11 Å². The van der Waals surface area contributed by atoms with E-state index in [0.717, 1.165) is 49.0 Å². The monoisotopic (exact) mass is 542 g/mol. The first kappa shape index (κ1) is 24.8. The molecule has 1 aliphatic rings. The fraction of sp³-hybridized carbons (Fsp3) is 0.435. The molecule has 30 heavy (non-hydrogen) atoms. The van der Waals surface area contributed by atoms with Gasteiger partial charge < -0.3 is 20.6 Å². The lowest BCUT2D eigenvalue weighted by Crippen LogP contribution is -2.36. The second-order valence-corrected chi connectivity index (χ2v) is 7.89. The van der Waals surface area contributed by atoms with Crippen molar-refractivity contribution in [1.82, 2.24) is 10.6 Å². The molecule has 0 amide bonds. The van der Waals surface area contributed by atoms with Crippen LogP contribution >= 0.6 is 35.6 Å². The van der Waals surface area contributed by atoms with Gasteiger partial charge in [0.15, 0.2) is 5.96 Å². The molecule has 0 radical (unpaired) electrons. The zero-order valence-corrected chi connectivity index (χ0v) is 20.6. The molecule has 0 unspecified atom stereocenters. The summed E-state index contributed by atoms with van der Waals surface area (Å²) in [6.45, 7) is 6.55. The van der Waals surface area contributed by atoms with Crippen molar-refractivity contribution in [2.75, 3.05) is 31.1 Å². The number of piperidine rings is 1. The van der Waals surface area contributed by atoms with Crippen molar-refractivity contribution in [3.05, 3.63) is 64.7 Å². The van der Waals surface area contributed by atoms with E-state index in [0.29, 0.717) is 25.6 Å². The summed E-state index contributed by atoms with van der Waals surface area (Å²) < 4.78 is 0. The molecule has 0 spiro atoms. The van der Waals surface area contributed by atoms with Gasteiger partial charge in [0.05, 0.1) is 6.54 Å². The average molecular weight is 543 g/mol. The van der Waals surface area contributed by atoms with E-state index in [-0.39, 0.29) is 24.0 Å². The molecule has 3 N–H and O–H groups in total. The van der Waals surface area contributed by atoms with Gasteiger partial charge in [-0.25, -0.2) is 4.99 Å². The van der Waals surface area contributed by atoms with Crippen LogP contribution in [0.4, 0.5) is 5.69 Å². The Morgan fingerprint density at radius 2 is 1.67 bits per heavy atom. The van der Waals surface area contributed by atoms with Gasteiger partial charge in [0, 0.05) is 43.5 Å². The van der Waals surface area contributed by atoms with Crippen molar-refractivity contribution < 1.29 is 5.11 Å². The number of anilines is 1. The lowest BCUT2D eigenvalue weighted by Gasteiger charge is -2.32. The SMILES string of the molecule is CCNC(=NCc1ccc(N2CCC(CO)CC2)cc1)NCc1ccc(Cl)cc1.I. The zero-order valence-electron chi connectivity index (χ0n) is 17.5. The van der Waals surface area contributed by atoms with Crippen molar-refractivity contribution in [3.8, 4) is 0 Å². The highest BCUT2D eigenvalue weighted by atomic mass is 127. The zero-order chi connectivity index (χ0) is 20.5. The van der Waals surface area contributed by atoms with Gasteiger partial charge in [-0.1, -0.05) is 35.9 Å². The number of hydrogen-bond donors (Lipinski definition) is 3. The number of nitrogens with zero attached hydrogens (tertiary/aromatic N) is 2. The summed E-state index contributed by atoms with van der Waals surface area (Å²) in [5.74, 6) is 1.27. The van der Waals surface area contributed by atoms with Gasteiger partial charge in [-0.3, -0.25) is 0 Å². The fourth-order valence-corrected chi connectivity index (χ4v) is 3.61. The van der Waals surface area contributed by atoms with Gasteiger partial charge in [-0.2, -0.15) is 0 Å². The molecular weight excluding hydrogens is 511 g/mol. The van der Waals surface area contributed by atoms with Crippen LogP contribution in [0.2, 0.25) is 5.02 Å². The van der Waals surface area contributed by atoms with Crippen LogP contribution in [0, 0.1) is 5.92 Å². The minimum absolute atomic E-state index is 0. The lowest BCUT2D eigenvalue weighted by atomic mass is 9.97. The van der Waals surface area contributed by atoms with Crippen LogP contribution in [0.1, 0.15) is 30.9 Å². The standard InChI is InChI=1S/C23H31ClN4O.HI/c1-2-25-23(26-15-18-3-7-21(24)8-4-18)27-16-19-5-9-22(10-6-19)28-13-11-20(17-29)12-14-28;/h3-10,20,29H,2,11-17H2,1H3,(H2,25,26,27);1H. The maximum absolute atomic E-state index is 9.29. The van der Waals surface area contributed by atoms with Gasteiger partial charge in [0.1, 0.15) is 0 Å². The highest BCUT2D eigenvalue weighted by molar-refractivity contribution is 14.0. The maximum Gasteiger partial charge on any atom is 0.191 e. The molecule has 2 aromatic rings. The summed E-state index contributed by atoms with van der Waals surface area (Å²) in [7, 11) is 0. The Kier molecular flexibility index (Phi) is 10.7. The normalized spacial score (nSPS) is 14.9. The molecule has 1 saturated heterocycles. The first-order valence-electron chi connectivity index (χ1n) is 10.4. The van der Waals surface area contributed by atoms with Gasteiger partial charge in [-0.05, 0) is 61.1 Å². The van der Waals surface area contributed by atoms with E-state index in [1.165, 1.54) is 11.3 Å². The molecule has 2 aromatic carbocycles. The van der Waals surface area contributed by atoms with Crippen molar-refractivity contribution in [2.45, 2.75) is 32.9 Å². The van der Waals surface area contributed by atoms with E-state index in [2.05, 4.69) is 46.7 Å². The molecule has 1 heterocycles. The molecule has 7 heteroatoms. The third kappa shape index (κ3) is 7.63. The van der Waals surface area contributed by atoms with Crippen molar-refractivity contribution in [1.29, 1.82) is 0 Å². The molecule has 3 rings (SSSR count). The number of hydrogen-bond acceptors (Lipinski definition) is 3. The van der Waals surface area contributed by atoms with Crippen LogP contribution in [0.5, 0.6) is 0 Å². The number of aliphatic hydroxyl groups excluding tert-OH is 1. The highest BCUT2D eigenvalue weighted by Crippen LogP contribution is 2.23. The summed E-state index contributed by atoms with van der Waals surface area (Å²) in [5, 5.41) is 16.7. The Labute approximate surface area is 201 Å². The summed E-state index contributed by atoms with van der Waals surface area (Å²) in [6.07, 6.45) is 2.13. The number of aliphatic hydroxyl groups is 1. The first-order chi connectivity index (χ1) is 14.2. The molecule has 0 aromatic heterocycles. The minimum atomic E-state index is 0. The quantitative estimate of drug-likeness (QED) is 0.275. The molecule has 1 fully saturated rings. The number of guanidine groups is 1. The molecule has 1 aliphatic heterocycles. The van der Waals surface area contributed by atoms with Gasteiger partial charge in [-0.15, -0.1) is 24.0 Å². The van der Waals surface area contributed by atoms with Crippen molar-refractivity contribution >= 4 is 47.2 Å². The van der Waals surface area contributed by atoms with E-state index >= 15 is 0 Å². The molecule has 164 valence electrons. The van der Waals surface area contributed by atoms with Gasteiger partial charge in [0.2, 0.25) is 0 Å². The van der Waals surface area contributed by atoms with Crippen LogP contribution < -0.4 is 15.5 Å². The Bertz CT molecular complexity index is 775. The van der Waals surface area contributed by atoms with Crippen LogP contribution in [-0.4, -0.2) is 37.3 Å².